The van der Waals surface area contributed by atoms with Crippen molar-refractivity contribution in [2.24, 2.45) is 0 Å². The first-order valence-corrected chi connectivity index (χ1v) is 10.8. The molecule has 0 bridgehead atoms. The van der Waals surface area contributed by atoms with E-state index in [4.69, 9.17) is 4.74 Å². The number of piperazine rings is 1. The second-order valence-electron chi connectivity index (χ2n) is 7.89. The largest absolute Gasteiger partial charge is 0.375 e. The van der Waals surface area contributed by atoms with Gasteiger partial charge in [0.2, 0.25) is 0 Å². The van der Waals surface area contributed by atoms with Gasteiger partial charge in [-0.3, -0.25) is 4.90 Å². The van der Waals surface area contributed by atoms with Crippen LogP contribution in [-0.2, 0) is 4.74 Å². The van der Waals surface area contributed by atoms with Crippen LogP contribution in [0.1, 0.15) is 25.7 Å². The van der Waals surface area contributed by atoms with Gasteiger partial charge in [-0.15, -0.1) is 0 Å². The summed E-state index contributed by atoms with van der Waals surface area (Å²) in [4.78, 5) is 7.63. The van der Waals surface area contributed by atoms with Gasteiger partial charge in [-0.25, -0.2) is 0 Å². The Hall–Kier alpha value is -0.370. The Bertz CT molecular complexity index is 545. The average molecular weight is 455 g/mol. The van der Waals surface area contributed by atoms with Crippen LogP contribution in [0.2, 0.25) is 0 Å². The Morgan fingerprint density at radius 1 is 0.880 bits per heavy atom. The van der Waals surface area contributed by atoms with Crippen molar-refractivity contribution in [1.82, 2.24) is 9.80 Å². The minimum absolute atomic E-state index is 0.514. The van der Waals surface area contributed by atoms with Crippen LogP contribution in [0.25, 0.3) is 0 Å². The first kappa shape index (κ1) is 18.0. The number of benzene rings is 1. The maximum absolute atomic E-state index is 6.33. The van der Waals surface area contributed by atoms with Gasteiger partial charge in [-0.05, 0) is 79.6 Å². The van der Waals surface area contributed by atoms with Crippen LogP contribution in [0.4, 0.5) is 5.69 Å². The summed E-state index contributed by atoms with van der Waals surface area (Å²) < 4.78 is 7.64. The van der Waals surface area contributed by atoms with E-state index in [1.165, 1.54) is 61.1 Å². The third-order valence-electron chi connectivity index (χ3n) is 6.14. The lowest BCUT2D eigenvalue weighted by molar-refractivity contribution is -0.102. The number of piperidine rings is 1. The molecule has 138 valence electrons. The molecule has 0 radical (unpaired) electrons. The highest BCUT2D eigenvalue weighted by atomic mass is 127. The molecule has 1 aromatic rings. The summed E-state index contributed by atoms with van der Waals surface area (Å²) in [5.74, 6) is 0. The molecule has 25 heavy (non-hydrogen) atoms. The van der Waals surface area contributed by atoms with Gasteiger partial charge >= 0.3 is 0 Å². The molecule has 4 nitrogen and oxygen atoms in total. The molecule has 3 aliphatic rings. The number of halogens is 1. The highest BCUT2D eigenvalue weighted by Gasteiger charge is 2.37. The predicted molar refractivity (Wildman–Crippen MR) is 111 cm³/mol. The summed E-state index contributed by atoms with van der Waals surface area (Å²) in [5, 5.41) is 0. The fraction of sp³-hybridized carbons (Fsp3) is 0.700. The molecule has 4 rings (SSSR count). The van der Waals surface area contributed by atoms with E-state index >= 15 is 0 Å². The Labute approximate surface area is 165 Å². The molecule has 3 fully saturated rings. The van der Waals surface area contributed by atoms with E-state index in [9.17, 15) is 0 Å². The van der Waals surface area contributed by atoms with Crippen LogP contribution in [0, 0.1) is 3.57 Å². The SMILES string of the molecule is CN1CCC(OC2CC(N3CCN(c4ccc(I)cc4)CC3)C2)CC1. The molecule has 1 saturated carbocycles. The van der Waals surface area contributed by atoms with Gasteiger partial charge in [0, 0.05) is 54.6 Å². The predicted octanol–water partition coefficient (Wildman–Crippen LogP) is 3.06. The molecule has 0 unspecified atom stereocenters. The molecule has 0 N–H and O–H groups in total. The maximum atomic E-state index is 6.33. The zero-order chi connectivity index (χ0) is 17.2. The zero-order valence-electron chi connectivity index (χ0n) is 15.2. The van der Waals surface area contributed by atoms with Crippen molar-refractivity contribution in [1.29, 1.82) is 0 Å². The Morgan fingerprint density at radius 2 is 1.52 bits per heavy atom. The number of nitrogens with zero attached hydrogens (tertiary/aromatic N) is 3. The Kier molecular flexibility index (Phi) is 5.84. The number of anilines is 1. The van der Waals surface area contributed by atoms with Gasteiger partial charge in [0.05, 0.1) is 12.2 Å². The number of likely N-dealkylation sites (tertiary alicyclic amines) is 1. The van der Waals surface area contributed by atoms with Crippen molar-refractivity contribution >= 4 is 28.3 Å². The van der Waals surface area contributed by atoms with Crippen molar-refractivity contribution in [3.8, 4) is 0 Å². The Balaban J connectivity index is 1.18. The molecule has 1 aromatic carbocycles. The molecule has 0 atom stereocenters. The van der Waals surface area contributed by atoms with Crippen molar-refractivity contribution in [2.75, 3.05) is 51.2 Å². The van der Waals surface area contributed by atoms with Gasteiger partial charge in [0.25, 0.3) is 0 Å². The van der Waals surface area contributed by atoms with E-state index in [0.29, 0.717) is 12.2 Å². The summed E-state index contributed by atoms with van der Waals surface area (Å²) in [5.41, 5.74) is 1.37. The first-order valence-electron chi connectivity index (χ1n) is 9.76. The summed E-state index contributed by atoms with van der Waals surface area (Å²) in [6, 6.07) is 9.69. The quantitative estimate of drug-likeness (QED) is 0.650. The molecule has 2 heterocycles. The van der Waals surface area contributed by atoms with Gasteiger partial charge in [0.1, 0.15) is 0 Å². The van der Waals surface area contributed by atoms with E-state index in [-0.39, 0.29) is 0 Å². The third-order valence-corrected chi connectivity index (χ3v) is 6.86. The summed E-state index contributed by atoms with van der Waals surface area (Å²) >= 11 is 2.37. The molecule has 5 heteroatoms. The van der Waals surface area contributed by atoms with E-state index < -0.39 is 0 Å². The topological polar surface area (TPSA) is 19.0 Å². The van der Waals surface area contributed by atoms with E-state index in [1.807, 2.05) is 0 Å². The minimum atomic E-state index is 0.514. The maximum Gasteiger partial charge on any atom is 0.0608 e. The van der Waals surface area contributed by atoms with Gasteiger partial charge in [-0.2, -0.15) is 0 Å². The first-order chi connectivity index (χ1) is 12.2. The van der Waals surface area contributed by atoms with Crippen molar-refractivity contribution in [3.05, 3.63) is 27.8 Å². The van der Waals surface area contributed by atoms with Gasteiger partial charge in [-0.1, -0.05) is 0 Å². The van der Waals surface area contributed by atoms with Crippen LogP contribution in [-0.4, -0.2) is 74.4 Å². The highest BCUT2D eigenvalue weighted by molar-refractivity contribution is 14.1. The van der Waals surface area contributed by atoms with Crippen LogP contribution < -0.4 is 4.90 Å². The van der Waals surface area contributed by atoms with Crippen molar-refractivity contribution in [2.45, 2.75) is 43.9 Å². The lowest BCUT2D eigenvalue weighted by Crippen LogP contribution is -2.56. The molecular weight excluding hydrogens is 425 g/mol. The van der Waals surface area contributed by atoms with Gasteiger partial charge in [0.15, 0.2) is 0 Å². The van der Waals surface area contributed by atoms with Crippen LogP contribution >= 0.6 is 22.6 Å². The molecule has 0 aromatic heterocycles. The molecule has 0 amide bonds. The zero-order valence-corrected chi connectivity index (χ0v) is 17.4. The minimum Gasteiger partial charge on any atom is -0.375 e. The van der Waals surface area contributed by atoms with Crippen molar-refractivity contribution < 1.29 is 4.74 Å². The fourth-order valence-corrected chi connectivity index (χ4v) is 4.70. The van der Waals surface area contributed by atoms with Crippen LogP contribution in [0.5, 0.6) is 0 Å². The fourth-order valence-electron chi connectivity index (χ4n) is 4.34. The lowest BCUT2D eigenvalue weighted by Gasteiger charge is -2.47. The molecular formula is C20H30IN3O. The second kappa shape index (κ2) is 8.11. The molecule has 2 saturated heterocycles. The number of hydrogen-bond acceptors (Lipinski definition) is 4. The van der Waals surface area contributed by atoms with Crippen molar-refractivity contribution in [3.63, 3.8) is 0 Å². The third kappa shape index (κ3) is 4.49. The molecule has 1 aliphatic carbocycles. The smallest absolute Gasteiger partial charge is 0.0608 e. The van der Waals surface area contributed by atoms with Crippen LogP contribution in [0.3, 0.4) is 0 Å². The highest BCUT2D eigenvalue weighted by Crippen LogP contribution is 2.32. The lowest BCUT2D eigenvalue weighted by atomic mass is 9.87. The standard InChI is InChI=1S/C20H30IN3O/c1-22-8-6-19(7-9-22)25-20-14-18(15-20)24-12-10-23(11-13-24)17-4-2-16(21)3-5-17/h2-5,18-20H,6-15H2,1H3. The Morgan fingerprint density at radius 3 is 2.16 bits per heavy atom. The molecule has 2 aliphatic heterocycles. The van der Waals surface area contributed by atoms with E-state index in [0.717, 1.165) is 19.1 Å². The van der Waals surface area contributed by atoms with Gasteiger partial charge < -0.3 is 14.5 Å². The number of ether oxygens (including phenoxy) is 1. The number of hydrogen-bond donors (Lipinski definition) is 0. The van der Waals surface area contributed by atoms with E-state index in [2.05, 4.69) is 68.6 Å². The average Bonchev–Trinajstić information content (AvgIpc) is 2.60. The van der Waals surface area contributed by atoms with Crippen LogP contribution in [0.15, 0.2) is 24.3 Å². The second-order valence-corrected chi connectivity index (χ2v) is 9.13. The normalized spacial score (nSPS) is 29.6. The molecule has 0 spiro atoms. The van der Waals surface area contributed by atoms with E-state index in [1.54, 1.807) is 0 Å². The number of rotatable bonds is 4. The monoisotopic (exact) mass is 455 g/mol. The summed E-state index contributed by atoms with van der Waals surface area (Å²) in [6.07, 6.45) is 5.96. The summed E-state index contributed by atoms with van der Waals surface area (Å²) in [7, 11) is 2.21. The summed E-state index contributed by atoms with van der Waals surface area (Å²) in [6.45, 7) is 7.08.